The maximum atomic E-state index is 12.9. The maximum Gasteiger partial charge on any atom is 0.252 e. The van der Waals surface area contributed by atoms with Gasteiger partial charge in [-0.15, -0.1) is 128 Å². The molecule has 29 heteroatoms. The van der Waals surface area contributed by atoms with Crippen molar-refractivity contribution in [3.8, 4) is 0 Å². The Morgan fingerprint density at radius 1 is 0.643 bits per heavy atom. The topological polar surface area (TPSA) is 206 Å². The molecule has 3 heterocycles. The first-order chi connectivity index (χ1) is 26.7. The number of alkyl halides is 9. The second-order valence-electron chi connectivity index (χ2n) is 11.5. The van der Waals surface area contributed by atoms with Gasteiger partial charge < -0.3 is 19.6 Å². The number of halogens is 9. The third-order valence-corrected chi connectivity index (χ3v) is 17.7. The Hall–Kier alpha value is 3.69. The van der Waals surface area contributed by atoms with E-state index in [2.05, 4.69) is 10.2 Å². The summed E-state index contributed by atoms with van der Waals surface area (Å²) < 4.78 is 24.3. The number of nitrogens with zero attached hydrogens (tertiary/aromatic N) is 5. The highest BCUT2D eigenvalue weighted by atomic mass is 35.5. The summed E-state index contributed by atoms with van der Waals surface area (Å²) in [6.07, 6.45) is 2.65. The number of hydrogen-bond donors (Lipinski definition) is 4. The van der Waals surface area contributed by atoms with Crippen LogP contribution in [0.15, 0.2) is 0 Å². The highest BCUT2D eigenvalue weighted by Crippen LogP contribution is 2.60. The van der Waals surface area contributed by atoms with Crippen molar-refractivity contribution in [1.29, 1.82) is 0 Å². The summed E-state index contributed by atoms with van der Waals surface area (Å²) in [4.78, 5) is 57.0. The molecule has 3 fully saturated rings. The summed E-state index contributed by atoms with van der Waals surface area (Å²) in [5, 5.41) is 5.76. The van der Waals surface area contributed by atoms with Crippen molar-refractivity contribution in [3.63, 3.8) is 0 Å². The van der Waals surface area contributed by atoms with Crippen molar-refractivity contribution in [3.05, 3.63) is 0 Å². The van der Waals surface area contributed by atoms with Crippen LogP contribution in [-0.2, 0) is 13.6 Å². The molecule has 56 heavy (non-hydrogen) atoms. The molecule has 3 aliphatic rings. The minimum absolute atomic E-state index is 0.263. The molecule has 0 amide bonds. The van der Waals surface area contributed by atoms with Gasteiger partial charge in [0.05, 0.1) is 72.2 Å². The standard InChI is InChI=1S/C9H18Cl3N2O2P.2C7H15Cl2N2O2P.C4H11Cl2N2O2P/c10-2-6-13-5-1-9-16-17(13,15)14(7-3-11)8-4-12;8-2-4-10-14(12)11(6-3-9)5-1-7-13-14;8-2-5-11(6-3-9)14(12)10-4-1-7-13-14;5-1-3-8(4-2-6)11(7,9)10/h1-9H2;2*1-7H2,(H,10,12);1-4H2,(H3,7,9,10). The minimum atomic E-state index is -3.64. The molecule has 0 saturated carbocycles. The maximum absolute atomic E-state index is 12.9. The van der Waals surface area contributed by atoms with Crippen molar-refractivity contribution < 1.29 is 38.0 Å². The fraction of sp³-hybridized carbons (Fsp3) is 1.00. The smallest absolute Gasteiger partial charge is 0.252 e. The van der Waals surface area contributed by atoms with Gasteiger partial charge in [-0.1, -0.05) is 0 Å². The first-order valence-electron chi connectivity index (χ1n) is 17.8. The molecule has 338 valence electrons. The van der Waals surface area contributed by atoms with Gasteiger partial charge in [-0.05, 0) is 19.3 Å². The lowest BCUT2D eigenvalue weighted by Crippen LogP contribution is -2.48. The highest BCUT2D eigenvalue weighted by Gasteiger charge is 2.45. The van der Waals surface area contributed by atoms with Gasteiger partial charge in [-0.2, -0.15) is 15.7 Å². The van der Waals surface area contributed by atoms with Crippen LogP contribution in [0.25, 0.3) is 0 Å². The Kier molecular flexibility index (Phi) is 37.3. The van der Waals surface area contributed by atoms with E-state index in [1.54, 1.807) is 14.0 Å². The molecule has 0 aliphatic carbocycles. The predicted octanol–water partition coefficient (Wildman–Crippen LogP) is 3.15. The summed E-state index contributed by atoms with van der Waals surface area (Å²) in [5.41, 5.74) is 4.97. The molecule has 3 rings (SSSR count). The zero-order chi connectivity index (χ0) is 42.5. The van der Waals surface area contributed by atoms with Crippen molar-refractivity contribution >= 4 is 136 Å². The van der Waals surface area contributed by atoms with Crippen LogP contribution < -0.4 is 35.3 Å². The Labute approximate surface area is 381 Å². The van der Waals surface area contributed by atoms with E-state index in [0.717, 1.165) is 38.9 Å². The number of nitrogens with one attached hydrogen (secondary N) is 2. The molecule has 3 aliphatic heterocycles. The zero-order valence-electron chi connectivity index (χ0n) is 31.4. The second kappa shape index (κ2) is 35.0. The Bertz CT molecular complexity index is 941. The molecule has 0 aromatic heterocycles. The van der Waals surface area contributed by atoms with Gasteiger partial charge in [0.25, 0.3) is 8.02 Å². The third kappa shape index (κ3) is 23.6. The zero-order valence-corrected chi connectivity index (χ0v) is 41.8. The van der Waals surface area contributed by atoms with Gasteiger partial charge in [0.15, 0.2) is 0 Å². The Morgan fingerprint density at radius 2 is 1.11 bits per heavy atom. The van der Waals surface area contributed by atoms with Crippen LogP contribution >= 0.6 is 136 Å². The van der Waals surface area contributed by atoms with Crippen LogP contribution in [0, 0.1) is 0 Å². The summed E-state index contributed by atoms with van der Waals surface area (Å²) in [6, 6.07) is 0. The molecule has 16 nitrogen and oxygen atoms in total. The first-order valence-corrected chi connectivity index (χ1v) is 29.0. The van der Waals surface area contributed by atoms with E-state index in [-0.39, 0.29) is 24.8 Å². The van der Waals surface area contributed by atoms with E-state index in [0.29, 0.717) is 107 Å². The molecule has 0 aromatic carbocycles. The van der Waals surface area contributed by atoms with Crippen molar-refractivity contribution in [2.45, 2.75) is 19.3 Å². The van der Waals surface area contributed by atoms with Crippen LogP contribution in [0.2, 0.25) is 0 Å². The summed E-state index contributed by atoms with van der Waals surface area (Å²) in [6.45, 7) is 8.03. The number of rotatable bonds is 22. The first kappa shape index (κ1) is 59.7. The lowest BCUT2D eigenvalue weighted by Gasteiger charge is -2.45. The molecule has 0 spiro atoms. The van der Waals surface area contributed by atoms with Crippen LogP contribution in [0.1, 0.15) is 19.3 Å². The quantitative estimate of drug-likeness (QED) is 0.0908. The Morgan fingerprint density at radius 3 is 1.55 bits per heavy atom. The molecule has 4 atom stereocenters. The van der Waals surface area contributed by atoms with E-state index in [4.69, 9.17) is 128 Å². The Balaban J connectivity index is 0.000000729. The number of nitrogens with two attached hydrogens (primary N) is 1. The summed E-state index contributed by atoms with van der Waals surface area (Å²) in [7, 11) is -12.3. The lowest BCUT2D eigenvalue weighted by atomic mass is 10.4. The van der Waals surface area contributed by atoms with Crippen molar-refractivity contribution in [2.75, 3.05) is 151 Å². The fourth-order valence-electron chi connectivity index (χ4n) is 4.99. The van der Waals surface area contributed by atoms with Gasteiger partial charge in [-0.25, -0.2) is 18.5 Å². The third-order valence-electron chi connectivity index (χ3n) is 7.56. The van der Waals surface area contributed by atoms with Gasteiger partial charge in [0.2, 0.25) is 24.1 Å². The van der Waals surface area contributed by atoms with E-state index in [1.807, 2.05) is 4.67 Å². The van der Waals surface area contributed by atoms with Crippen LogP contribution in [0.4, 0.5) is 0 Å². The lowest BCUT2D eigenvalue weighted by molar-refractivity contribution is -0.226. The molecule has 0 radical (unpaired) electrons. The van der Waals surface area contributed by atoms with E-state index in [9.17, 15) is 19.6 Å². The normalized spacial score (nSPS) is 25.8. The molecular formula is C27H59Cl9N8O8P4. The second-order valence-corrected chi connectivity index (χ2v) is 23.3. The van der Waals surface area contributed by atoms with Gasteiger partial charge >= 0.3 is 0 Å². The van der Waals surface area contributed by atoms with Crippen molar-refractivity contribution in [2.24, 2.45) is 5.50 Å². The molecule has 0 bridgehead atoms. The fourth-order valence-corrected chi connectivity index (χ4v) is 15.1. The van der Waals surface area contributed by atoms with Crippen LogP contribution in [-0.4, -0.2) is 180 Å². The minimum Gasteiger partial charge on any atom is -0.626 e. The average molecular weight is 1070 g/mol. The molecule has 0 aromatic rings. The number of hydrogen-bond acceptors (Lipinski definition) is 16. The summed E-state index contributed by atoms with van der Waals surface area (Å²) >= 11 is 50.3. The van der Waals surface area contributed by atoms with E-state index in [1.165, 1.54) is 4.67 Å². The monoisotopic (exact) mass is 1060 g/mol. The van der Waals surface area contributed by atoms with Gasteiger partial charge in [0, 0.05) is 79.1 Å². The average Bonchev–Trinajstić information content (AvgIpc) is 3.17. The molecular weight excluding hydrogens is 1010 g/mol. The molecule has 3 saturated heterocycles. The van der Waals surface area contributed by atoms with Crippen molar-refractivity contribution in [1.82, 2.24) is 33.5 Å². The summed E-state index contributed by atoms with van der Waals surface area (Å²) in [5.74, 6) is 3.48. The highest BCUT2D eigenvalue weighted by molar-refractivity contribution is 7.60. The largest absolute Gasteiger partial charge is 0.626 e. The molecule has 5 N–H and O–H groups in total. The molecule has 4 unspecified atom stereocenters. The van der Waals surface area contributed by atoms with Crippen LogP contribution in [0.3, 0.4) is 0 Å². The van der Waals surface area contributed by atoms with Gasteiger partial charge in [0.1, 0.15) is 0 Å². The predicted molar refractivity (Wildman–Crippen MR) is 236 cm³/mol. The van der Waals surface area contributed by atoms with E-state index >= 15 is 0 Å². The SMILES string of the molecule is N[P+]([O-])(O)N(CCCl)CCCl.[O-][P+]1(N(CCCl)CCCl)NCCCO1.[O-][P+]1(N(CCCl)CCCl)OCCCN1CCCl.[O-][P+]1(NCCCl)OCCCN1CCCl. The van der Waals surface area contributed by atoms with Gasteiger partial charge in [-0.3, -0.25) is 0 Å². The van der Waals surface area contributed by atoms with E-state index < -0.39 is 32.1 Å². The van der Waals surface area contributed by atoms with Crippen LogP contribution in [0.5, 0.6) is 0 Å².